The molecule has 17 heavy (non-hydrogen) atoms. The highest BCUT2D eigenvalue weighted by atomic mass is 16.4. The molecule has 1 aliphatic heterocycles. The number of carboxylic acid groups (broad SMARTS) is 1. The van der Waals surface area contributed by atoms with E-state index < -0.39 is 5.97 Å². The molecule has 1 saturated heterocycles. The minimum absolute atomic E-state index is 0.265. The number of nitrogens with one attached hydrogen (secondary N) is 1. The van der Waals surface area contributed by atoms with Crippen LogP contribution in [0.4, 0.5) is 0 Å². The van der Waals surface area contributed by atoms with Crippen molar-refractivity contribution in [2.75, 3.05) is 6.54 Å². The fourth-order valence-corrected chi connectivity index (χ4v) is 2.55. The van der Waals surface area contributed by atoms with Crippen molar-refractivity contribution in [3.05, 3.63) is 35.9 Å². The Balaban J connectivity index is 1.90. The van der Waals surface area contributed by atoms with Crippen molar-refractivity contribution >= 4 is 5.97 Å². The van der Waals surface area contributed by atoms with E-state index in [1.165, 1.54) is 5.56 Å². The van der Waals surface area contributed by atoms with Crippen LogP contribution in [-0.4, -0.2) is 23.7 Å². The number of carboxylic acids is 1. The summed E-state index contributed by atoms with van der Waals surface area (Å²) < 4.78 is 0. The molecule has 0 radical (unpaired) electrons. The third kappa shape index (κ3) is 3.30. The zero-order chi connectivity index (χ0) is 12.1. The van der Waals surface area contributed by atoms with Gasteiger partial charge in [-0.25, -0.2) is 0 Å². The Morgan fingerprint density at radius 3 is 2.82 bits per heavy atom. The van der Waals surface area contributed by atoms with Gasteiger partial charge in [-0.15, -0.1) is 0 Å². The van der Waals surface area contributed by atoms with E-state index in [-0.39, 0.29) is 12.0 Å². The number of hydrogen-bond acceptors (Lipinski definition) is 2. The minimum Gasteiger partial charge on any atom is -0.480 e. The van der Waals surface area contributed by atoms with Crippen LogP contribution in [0, 0.1) is 5.92 Å². The Labute approximate surface area is 102 Å². The van der Waals surface area contributed by atoms with Crippen molar-refractivity contribution in [1.29, 1.82) is 0 Å². The van der Waals surface area contributed by atoms with Crippen LogP contribution in [0.25, 0.3) is 0 Å². The summed E-state index contributed by atoms with van der Waals surface area (Å²) in [6, 6.07) is 9.92. The zero-order valence-electron chi connectivity index (χ0n) is 9.93. The lowest BCUT2D eigenvalue weighted by molar-refractivity contribution is -0.141. The third-order valence-electron chi connectivity index (χ3n) is 3.50. The molecule has 0 aliphatic carbocycles. The highest BCUT2D eigenvalue weighted by molar-refractivity contribution is 5.74. The van der Waals surface area contributed by atoms with Crippen LogP contribution in [0.2, 0.25) is 0 Å². The number of hydrogen-bond donors (Lipinski definition) is 2. The monoisotopic (exact) mass is 233 g/mol. The Morgan fingerprint density at radius 2 is 2.12 bits per heavy atom. The van der Waals surface area contributed by atoms with Crippen molar-refractivity contribution in [2.45, 2.75) is 31.7 Å². The van der Waals surface area contributed by atoms with Crippen LogP contribution < -0.4 is 5.32 Å². The van der Waals surface area contributed by atoms with Gasteiger partial charge in [-0.1, -0.05) is 30.3 Å². The van der Waals surface area contributed by atoms with Crippen LogP contribution in [0.5, 0.6) is 0 Å². The highest BCUT2D eigenvalue weighted by Gasteiger charge is 2.29. The van der Waals surface area contributed by atoms with E-state index >= 15 is 0 Å². The smallest absolute Gasteiger partial charge is 0.320 e. The van der Waals surface area contributed by atoms with Crippen LogP contribution >= 0.6 is 0 Å². The van der Waals surface area contributed by atoms with Gasteiger partial charge in [-0.05, 0) is 43.7 Å². The molecule has 2 atom stereocenters. The number of benzene rings is 1. The molecule has 0 saturated carbocycles. The van der Waals surface area contributed by atoms with Gasteiger partial charge in [0.1, 0.15) is 6.04 Å². The molecule has 0 bridgehead atoms. The first-order chi connectivity index (χ1) is 8.27. The standard InChI is InChI=1S/C14H19NO2/c16-14(17)13-12(7-4-10-15-13)9-8-11-5-2-1-3-6-11/h1-3,5-6,12-13,15H,4,7-10H2,(H,16,17)/t12-,13-/m0/s1. The van der Waals surface area contributed by atoms with E-state index in [9.17, 15) is 4.79 Å². The second-order valence-electron chi connectivity index (χ2n) is 4.70. The summed E-state index contributed by atoms with van der Waals surface area (Å²) in [6.45, 7) is 0.832. The number of aryl methyl sites for hydroxylation is 1. The number of aliphatic carboxylic acids is 1. The third-order valence-corrected chi connectivity index (χ3v) is 3.50. The maximum absolute atomic E-state index is 11.1. The van der Waals surface area contributed by atoms with Gasteiger partial charge in [-0.3, -0.25) is 4.79 Å². The van der Waals surface area contributed by atoms with E-state index in [2.05, 4.69) is 17.4 Å². The molecule has 1 aromatic rings. The van der Waals surface area contributed by atoms with Crippen LogP contribution in [0.15, 0.2) is 30.3 Å². The molecular formula is C14H19NO2. The molecule has 2 N–H and O–H groups in total. The molecule has 1 fully saturated rings. The molecule has 0 amide bonds. The lowest BCUT2D eigenvalue weighted by atomic mass is 9.86. The summed E-state index contributed by atoms with van der Waals surface area (Å²) in [4.78, 5) is 11.1. The van der Waals surface area contributed by atoms with Crippen molar-refractivity contribution < 1.29 is 9.90 Å². The molecule has 1 aromatic carbocycles. The predicted molar refractivity (Wildman–Crippen MR) is 66.9 cm³/mol. The normalized spacial score (nSPS) is 24.5. The van der Waals surface area contributed by atoms with E-state index in [0.29, 0.717) is 0 Å². The van der Waals surface area contributed by atoms with Crippen molar-refractivity contribution in [3.8, 4) is 0 Å². The molecule has 1 aliphatic rings. The SMILES string of the molecule is O=C(O)[C@H]1NCCC[C@H]1CCc1ccccc1. The Bertz CT molecular complexity index is 364. The van der Waals surface area contributed by atoms with Crippen molar-refractivity contribution in [3.63, 3.8) is 0 Å². The minimum atomic E-state index is -0.706. The van der Waals surface area contributed by atoms with Crippen LogP contribution in [0.3, 0.4) is 0 Å². The van der Waals surface area contributed by atoms with Gasteiger partial charge in [0.15, 0.2) is 0 Å². The topological polar surface area (TPSA) is 49.3 Å². The van der Waals surface area contributed by atoms with Gasteiger partial charge in [0.2, 0.25) is 0 Å². The average Bonchev–Trinajstić information content (AvgIpc) is 2.38. The summed E-state index contributed by atoms with van der Waals surface area (Å²) in [5.74, 6) is -0.441. The summed E-state index contributed by atoms with van der Waals surface area (Å²) in [7, 11) is 0. The molecule has 0 aromatic heterocycles. The predicted octanol–water partition coefficient (Wildman–Crippen LogP) is 2.07. The van der Waals surface area contributed by atoms with E-state index in [1.807, 2.05) is 18.2 Å². The molecule has 1 heterocycles. The second kappa shape index (κ2) is 5.82. The average molecular weight is 233 g/mol. The van der Waals surface area contributed by atoms with E-state index in [4.69, 9.17) is 5.11 Å². The second-order valence-corrected chi connectivity index (χ2v) is 4.70. The zero-order valence-corrected chi connectivity index (χ0v) is 9.93. The van der Waals surface area contributed by atoms with E-state index in [0.717, 1.165) is 32.2 Å². The van der Waals surface area contributed by atoms with Crippen molar-refractivity contribution in [2.24, 2.45) is 5.92 Å². The van der Waals surface area contributed by atoms with E-state index in [1.54, 1.807) is 0 Å². The lowest BCUT2D eigenvalue weighted by Gasteiger charge is -2.29. The molecule has 0 unspecified atom stereocenters. The first kappa shape index (κ1) is 12.1. The molecule has 92 valence electrons. The largest absolute Gasteiger partial charge is 0.480 e. The van der Waals surface area contributed by atoms with Gasteiger partial charge in [-0.2, -0.15) is 0 Å². The van der Waals surface area contributed by atoms with Crippen LogP contribution in [-0.2, 0) is 11.2 Å². The van der Waals surface area contributed by atoms with Crippen LogP contribution in [0.1, 0.15) is 24.8 Å². The Kier molecular flexibility index (Phi) is 4.15. The number of rotatable bonds is 4. The molecule has 0 spiro atoms. The summed E-state index contributed by atoms with van der Waals surface area (Å²) >= 11 is 0. The summed E-state index contributed by atoms with van der Waals surface area (Å²) in [6.07, 6.45) is 4.03. The molecular weight excluding hydrogens is 214 g/mol. The summed E-state index contributed by atoms with van der Waals surface area (Å²) in [5, 5.41) is 12.2. The van der Waals surface area contributed by atoms with Gasteiger partial charge >= 0.3 is 5.97 Å². The van der Waals surface area contributed by atoms with Gasteiger partial charge in [0, 0.05) is 0 Å². The fraction of sp³-hybridized carbons (Fsp3) is 0.500. The first-order valence-corrected chi connectivity index (χ1v) is 6.27. The molecule has 3 heteroatoms. The Hall–Kier alpha value is -1.35. The molecule has 2 rings (SSSR count). The van der Waals surface area contributed by atoms with Crippen molar-refractivity contribution in [1.82, 2.24) is 5.32 Å². The summed E-state index contributed by atoms with van der Waals surface area (Å²) in [5.41, 5.74) is 1.29. The highest BCUT2D eigenvalue weighted by Crippen LogP contribution is 2.22. The first-order valence-electron chi connectivity index (χ1n) is 6.27. The van der Waals surface area contributed by atoms with Gasteiger partial charge in [0.25, 0.3) is 0 Å². The van der Waals surface area contributed by atoms with Gasteiger partial charge < -0.3 is 10.4 Å². The number of carbonyl (C=O) groups is 1. The Morgan fingerprint density at radius 1 is 1.35 bits per heavy atom. The molecule has 3 nitrogen and oxygen atoms in total. The lowest BCUT2D eigenvalue weighted by Crippen LogP contribution is -2.46. The maximum atomic E-state index is 11.1. The maximum Gasteiger partial charge on any atom is 0.320 e. The fourth-order valence-electron chi connectivity index (χ4n) is 2.55. The van der Waals surface area contributed by atoms with Gasteiger partial charge in [0.05, 0.1) is 0 Å². The number of piperidine rings is 1. The quantitative estimate of drug-likeness (QED) is 0.837.